The molecule has 0 saturated carbocycles. The Morgan fingerprint density at radius 1 is 1.36 bits per heavy atom. The summed E-state index contributed by atoms with van der Waals surface area (Å²) in [5, 5.41) is 7.13. The maximum atomic E-state index is 12.3. The van der Waals surface area contributed by atoms with Crippen molar-refractivity contribution in [2.24, 2.45) is 5.92 Å². The Morgan fingerprint density at radius 3 is 3.27 bits per heavy atom. The van der Waals surface area contributed by atoms with Gasteiger partial charge in [0.1, 0.15) is 12.2 Å². The maximum Gasteiger partial charge on any atom is 0.225 e. The second-order valence-corrected chi connectivity index (χ2v) is 5.37. The number of imidazole rings is 1. The molecule has 1 unspecified atom stereocenters. The molecule has 0 spiro atoms. The third kappa shape index (κ3) is 2.22. The number of hydrogen-bond donors (Lipinski definition) is 1. The van der Waals surface area contributed by atoms with Gasteiger partial charge in [0, 0.05) is 18.8 Å². The van der Waals surface area contributed by atoms with Crippen LogP contribution < -0.4 is 5.32 Å². The van der Waals surface area contributed by atoms with Crippen molar-refractivity contribution in [3.63, 3.8) is 0 Å². The zero-order valence-corrected chi connectivity index (χ0v) is 11.9. The summed E-state index contributed by atoms with van der Waals surface area (Å²) in [6.45, 7) is 1.04. The van der Waals surface area contributed by atoms with Crippen molar-refractivity contribution in [1.82, 2.24) is 34.4 Å². The number of rotatable bonds is 3. The molecule has 3 aromatic heterocycles. The molecule has 22 heavy (non-hydrogen) atoms. The highest BCUT2D eigenvalue weighted by Crippen LogP contribution is 2.17. The van der Waals surface area contributed by atoms with Crippen molar-refractivity contribution in [3.05, 3.63) is 42.6 Å². The first kappa shape index (κ1) is 12.9. The van der Waals surface area contributed by atoms with Gasteiger partial charge in [-0.1, -0.05) is 0 Å². The van der Waals surface area contributed by atoms with Crippen molar-refractivity contribution in [3.8, 4) is 0 Å². The Balaban J connectivity index is 1.43. The van der Waals surface area contributed by atoms with E-state index in [0.29, 0.717) is 13.1 Å². The molecule has 0 fully saturated rings. The minimum atomic E-state index is -0.0601. The molecular weight excluding hydrogens is 282 g/mol. The van der Waals surface area contributed by atoms with Crippen LogP contribution in [0.1, 0.15) is 17.9 Å². The summed E-state index contributed by atoms with van der Waals surface area (Å²) in [6, 6.07) is 0. The first-order valence-electron chi connectivity index (χ1n) is 7.21. The van der Waals surface area contributed by atoms with Crippen molar-refractivity contribution in [1.29, 1.82) is 0 Å². The van der Waals surface area contributed by atoms with Gasteiger partial charge in [0.25, 0.3) is 0 Å². The SMILES string of the molecule is O=C(NCc1cnc2cnccn12)C1CCc2ncnn2C1. The molecule has 112 valence electrons. The number of fused-ring (bicyclic) bond motifs is 2. The van der Waals surface area contributed by atoms with E-state index < -0.39 is 0 Å². The summed E-state index contributed by atoms with van der Waals surface area (Å²) in [5.41, 5.74) is 1.71. The van der Waals surface area contributed by atoms with Crippen LogP contribution in [-0.4, -0.2) is 35.0 Å². The molecule has 1 N–H and O–H groups in total. The minimum absolute atomic E-state index is 0.0464. The monoisotopic (exact) mass is 297 g/mol. The standard InChI is InChI=1S/C14H15N7O/c22-14(10-1-2-12-18-9-19-21(12)8-10)17-6-11-5-16-13-7-15-3-4-20(11)13/h3-5,7,9-10H,1-2,6,8H2,(H,17,22). The molecule has 0 saturated heterocycles. The van der Waals surface area contributed by atoms with Gasteiger partial charge in [-0.3, -0.25) is 14.2 Å². The van der Waals surface area contributed by atoms with Crippen LogP contribution >= 0.6 is 0 Å². The number of aryl methyl sites for hydroxylation is 1. The number of carbonyl (C=O) groups excluding carboxylic acids is 1. The lowest BCUT2D eigenvalue weighted by molar-refractivity contribution is -0.126. The van der Waals surface area contributed by atoms with E-state index in [1.165, 1.54) is 0 Å². The maximum absolute atomic E-state index is 12.3. The van der Waals surface area contributed by atoms with Crippen molar-refractivity contribution in [2.75, 3.05) is 0 Å². The third-order valence-corrected chi connectivity index (χ3v) is 4.01. The van der Waals surface area contributed by atoms with Crippen LogP contribution in [0.3, 0.4) is 0 Å². The van der Waals surface area contributed by atoms with Crippen molar-refractivity contribution >= 4 is 11.6 Å². The molecule has 8 nitrogen and oxygen atoms in total. The summed E-state index contributed by atoms with van der Waals surface area (Å²) in [5.74, 6) is 0.943. The Kier molecular flexibility index (Phi) is 3.06. The summed E-state index contributed by atoms with van der Waals surface area (Å²) in [7, 11) is 0. The smallest absolute Gasteiger partial charge is 0.225 e. The molecule has 0 radical (unpaired) electrons. The molecule has 0 bridgehead atoms. The second kappa shape index (κ2) is 5.21. The number of amides is 1. The van der Waals surface area contributed by atoms with E-state index in [1.54, 1.807) is 24.9 Å². The molecular formula is C14H15N7O. The summed E-state index contributed by atoms with van der Waals surface area (Å²) in [6.07, 6.45) is 10.1. The first-order valence-corrected chi connectivity index (χ1v) is 7.21. The normalized spacial score (nSPS) is 17.4. The lowest BCUT2D eigenvalue weighted by Crippen LogP contribution is -2.36. The Morgan fingerprint density at radius 2 is 2.32 bits per heavy atom. The largest absolute Gasteiger partial charge is 0.350 e. The molecule has 0 aromatic carbocycles. The third-order valence-electron chi connectivity index (χ3n) is 4.01. The minimum Gasteiger partial charge on any atom is -0.350 e. The quantitative estimate of drug-likeness (QED) is 0.746. The zero-order valence-electron chi connectivity index (χ0n) is 11.9. The number of carbonyl (C=O) groups is 1. The average molecular weight is 297 g/mol. The fraction of sp³-hybridized carbons (Fsp3) is 0.357. The topological polar surface area (TPSA) is 90.0 Å². The van der Waals surface area contributed by atoms with Crippen molar-refractivity contribution in [2.45, 2.75) is 25.9 Å². The van der Waals surface area contributed by atoms with Gasteiger partial charge in [-0.15, -0.1) is 0 Å². The first-order chi connectivity index (χ1) is 10.8. The van der Waals surface area contributed by atoms with Gasteiger partial charge in [-0.25, -0.2) is 14.6 Å². The fourth-order valence-electron chi connectivity index (χ4n) is 2.80. The van der Waals surface area contributed by atoms with E-state index in [-0.39, 0.29) is 11.8 Å². The van der Waals surface area contributed by atoms with Gasteiger partial charge in [-0.2, -0.15) is 5.10 Å². The lowest BCUT2D eigenvalue weighted by Gasteiger charge is -2.21. The number of hydrogen-bond acceptors (Lipinski definition) is 5. The molecule has 1 atom stereocenters. The summed E-state index contributed by atoms with van der Waals surface area (Å²) in [4.78, 5) is 24.8. The number of nitrogens with zero attached hydrogens (tertiary/aromatic N) is 6. The molecule has 0 aliphatic carbocycles. The second-order valence-electron chi connectivity index (χ2n) is 5.37. The van der Waals surface area contributed by atoms with Crippen LogP contribution in [-0.2, 0) is 24.3 Å². The molecule has 1 aliphatic rings. The van der Waals surface area contributed by atoms with Crippen molar-refractivity contribution < 1.29 is 4.79 Å². The predicted octanol–water partition coefficient (Wildman–Crippen LogP) is 0.200. The Bertz CT molecular complexity index is 821. The molecule has 8 heteroatoms. The van der Waals surface area contributed by atoms with Gasteiger partial charge in [-0.05, 0) is 6.42 Å². The lowest BCUT2D eigenvalue weighted by atomic mass is 9.99. The highest BCUT2D eigenvalue weighted by atomic mass is 16.1. The summed E-state index contributed by atoms with van der Waals surface area (Å²) >= 11 is 0. The van der Waals surface area contributed by atoms with E-state index in [2.05, 4.69) is 25.4 Å². The van der Waals surface area contributed by atoms with Crippen LogP contribution in [0, 0.1) is 5.92 Å². The van der Waals surface area contributed by atoms with Gasteiger partial charge in [0.05, 0.1) is 37.1 Å². The van der Waals surface area contributed by atoms with E-state index in [4.69, 9.17) is 0 Å². The number of aromatic nitrogens is 6. The highest BCUT2D eigenvalue weighted by Gasteiger charge is 2.25. The zero-order chi connectivity index (χ0) is 14.9. The van der Waals surface area contributed by atoms with Crippen LogP contribution in [0.2, 0.25) is 0 Å². The van der Waals surface area contributed by atoms with Crippen LogP contribution in [0.15, 0.2) is 31.1 Å². The molecule has 1 aliphatic heterocycles. The van der Waals surface area contributed by atoms with E-state index in [0.717, 1.165) is 30.0 Å². The van der Waals surface area contributed by atoms with Gasteiger partial charge in [0.15, 0.2) is 5.65 Å². The Labute approximate surface area is 126 Å². The van der Waals surface area contributed by atoms with E-state index in [9.17, 15) is 4.79 Å². The Hall–Kier alpha value is -2.77. The van der Waals surface area contributed by atoms with Gasteiger partial charge >= 0.3 is 0 Å². The molecule has 1 amide bonds. The molecule has 4 heterocycles. The molecule has 4 rings (SSSR count). The summed E-state index contributed by atoms with van der Waals surface area (Å²) < 4.78 is 3.73. The van der Waals surface area contributed by atoms with Gasteiger partial charge in [0.2, 0.25) is 5.91 Å². The fourth-order valence-corrected chi connectivity index (χ4v) is 2.80. The van der Waals surface area contributed by atoms with Gasteiger partial charge < -0.3 is 5.32 Å². The van der Waals surface area contributed by atoms with Crippen LogP contribution in [0.25, 0.3) is 5.65 Å². The highest BCUT2D eigenvalue weighted by molar-refractivity contribution is 5.78. The van der Waals surface area contributed by atoms with E-state index in [1.807, 2.05) is 15.3 Å². The average Bonchev–Trinajstić information content (AvgIpc) is 3.18. The predicted molar refractivity (Wildman–Crippen MR) is 76.7 cm³/mol. The number of nitrogens with one attached hydrogen (secondary N) is 1. The molecule has 3 aromatic rings. The van der Waals surface area contributed by atoms with Crippen LogP contribution in [0.4, 0.5) is 0 Å². The van der Waals surface area contributed by atoms with E-state index >= 15 is 0 Å². The van der Waals surface area contributed by atoms with Crippen LogP contribution in [0.5, 0.6) is 0 Å².